The van der Waals surface area contributed by atoms with E-state index in [2.05, 4.69) is 20.1 Å². The van der Waals surface area contributed by atoms with Crippen LogP contribution in [0.4, 0.5) is 0 Å². The fraction of sp³-hybridized carbons (Fsp3) is 0.211. The van der Waals surface area contributed by atoms with E-state index in [0.29, 0.717) is 0 Å². The lowest BCUT2D eigenvalue weighted by atomic mass is 9.82. The number of benzene rings is 2. The van der Waals surface area contributed by atoms with Crippen LogP contribution in [-0.4, -0.2) is 48.9 Å². The highest BCUT2D eigenvalue weighted by Gasteiger charge is 2.36. The van der Waals surface area contributed by atoms with Gasteiger partial charge in [-0.3, -0.25) is 9.59 Å². The molecule has 0 spiro atoms. The lowest BCUT2D eigenvalue weighted by molar-refractivity contribution is 0.0695. The Hall–Kier alpha value is -4.53. The van der Waals surface area contributed by atoms with E-state index < -0.39 is 17.5 Å². The zero-order valence-corrected chi connectivity index (χ0v) is 15.9. The van der Waals surface area contributed by atoms with Gasteiger partial charge in [-0.05, 0) is 29.3 Å². The summed E-state index contributed by atoms with van der Waals surface area (Å²) in [5.74, 6) is -2.44. The Bertz CT molecular complexity index is 1180. The Balaban J connectivity index is 2.09. The van der Waals surface area contributed by atoms with Crippen molar-refractivity contribution in [2.75, 3.05) is 26.3 Å². The van der Waals surface area contributed by atoms with E-state index in [1.165, 1.54) is 18.2 Å². The number of ketones is 2. The summed E-state index contributed by atoms with van der Waals surface area (Å²) in [5.41, 5.74) is 16.4. The van der Waals surface area contributed by atoms with Crippen molar-refractivity contribution in [1.82, 2.24) is 0 Å². The van der Waals surface area contributed by atoms with Gasteiger partial charge in [-0.2, -0.15) is 0 Å². The van der Waals surface area contributed by atoms with Crippen molar-refractivity contribution >= 4 is 17.5 Å². The van der Waals surface area contributed by atoms with Gasteiger partial charge in [0.2, 0.25) is 5.78 Å². The number of azide groups is 2. The zero-order valence-electron chi connectivity index (χ0n) is 15.9. The summed E-state index contributed by atoms with van der Waals surface area (Å²) in [5, 5.41) is 16.1. The number of fused-ring (bicyclic) bond motifs is 2. The lowest BCUT2D eigenvalue weighted by Crippen LogP contribution is -2.24. The van der Waals surface area contributed by atoms with E-state index >= 15 is 0 Å². The highest BCUT2D eigenvalue weighted by atomic mass is 16.5. The lowest BCUT2D eigenvalue weighted by Gasteiger charge is -2.22. The Morgan fingerprint density at radius 3 is 2.13 bits per heavy atom. The van der Waals surface area contributed by atoms with Crippen LogP contribution >= 0.6 is 0 Å². The van der Waals surface area contributed by atoms with Crippen molar-refractivity contribution in [3.05, 3.63) is 79.0 Å². The Kier molecular flexibility index (Phi) is 6.36. The third kappa shape index (κ3) is 4.25. The summed E-state index contributed by atoms with van der Waals surface area (Å²) < 4.78 is 11.0. The quantitative estimate of drug-likeness (QED) is 0.237. The number of ether oxygens (including phenoxy) is 2. The first-order chi connectivity index (χ1) is 15.0. The van der Waals surface area contributed by atoms with E-state index in [4.69, 9.17) is 20.5 Å². The van der Waals surface area contributed by atoms with Gasteiger partial charge in [0.1, 0.15) is 11.5 Å². The molecule has 1 N–H and O–H groups in total. The van der Waals surface area contributed by atoms with Crippen LogP contribution in [-0.2, 0) is 0 Å². The van der Waals surface area contributed by atoms with E-state index in [9.17, 15) is 19.5 Å². The van der Waals surface area contributed by atoms with Crippen LogP contribution in [0.3, 0.4) is 0 Å². The van der Waals surface area contributed by atoms with Crippen LogP contribution in [0.1, 0.15) is 42.2 Å². The smallest absolute Gasteiger partial charge is 0.335 e. The van der Waals surface area contributed by atoms with Crippen LogP contribution in [0.2, 0.25) is 0 Å². The molecule has 0 saturated carbocycles. The third-order valence-corrected chi connectivity index (χ3v) is 4.34. The molecule has 0 fully saturated rings. The van der Waals surface area contributed by atoms with Crippen molar-refractivity contribution in [3.63, 3.8) is 0 Å². The SMILES string of the molecule is [N-]=[N+]=NCCOc1cccc2c1C(=O)c1c(OCCN=[N+]=[N-])cc(C(=O)O)cc1C2=O. The van der Waals surface area contributed by atoms with E-state index in [0.717, 1.165) is 12.1 Å². The van der Waals surface area contributed by atoms with E-state index in [-0.39, 0.29) is 65.6 Å². The molecule has 1 aliphatic carbocycles. The standard InChI is InChI=1S/C19H14N6O6/c20-24-22-4-6-30-13-3-1-2-11-15(13)18(27)16-12(17(11)26)8-10(19(28)29)9-14(16)31-7-5-23-25-21/h1-3,8-9H,4-7H2,(H,28,29). The molecule has 0 bridgehead atoms. The zero-order chi connectivity index (χ0) is 22.4. The first kappa shape index (κ1) is 21.2. The Labute approximate surface area is 174 Å². The van der Waals surface area contributed by atoms with Gasteiger partial charge in [-0.1, -0.05) is 22.4 Å². The third-order valence-electron chi connectivity index (χ3n) is 4.34. The first-order valence-electron chi connectivity index (χ1n) is 8.90. The molecule has 1 aliphatic rings. The average molecular weight is 422 g/mol. The Morgan fingerprint density at radius 1 is 0.903 bits per heavy atom. The van der Waals surface area contributed by atoms with E-state index in [1.54, 1.807) is 0 Å². The van der Waals surface area contributed by atoms with Gasteiger partial charge < -0.3 is 14.6 Å². The van der Waals surface area contributed by atoms with Gasteiger partial charge in [0.05, 0.1) is 43.0 Å². The molecule has 0 aliphatic heterocycles. The summed E-state index contributed by atoms with van der Waals surface area (Å²) in [6, 6.07) is 6.72. The molecule has 12 nitrogen and oxygen atoms in total. The van der Waals surface area contributed by atoms with Gasteiger partial charge in [-0.25, -0.2) is 4.79 Å². The highest BCUT2D eigenvalue weighted by molar-refractivity contribution is 6.30. The number of carbonyl (C=O) groups excluding carboxylic acids is 2. The molecule has 156 valence electrons. The van der Waals surface area contributed by atoms with Gasteiger partial charge in [0.25, 0.3) is 0 Å². The maximum Gasteiger partial charge on any atom is 0.335 e. The molecule has 2 aromatic carbocycles. The molecule has 31 heavy (non-hydrogen) atoms. The van der Waals surface area contributed by atoms with Crippen molar-refractivity contribution in [1.29, 1.82) is 0 Å². The van der Waals surface area contributed by atoms with Crippen molar-refractivity contribution < 1.29 is 29.0 Å². The molecule has 0 radical (unpaired) electrons. The molecule has 0 atom stereocenters. The second-order valence-corrected chi connectivity index (χ2v) is 6.14. The summed E-state index contributed by atoms with van der Waals surface area (Å²) in [7, 11) is 0. The molecule has 0 amide bonds. The van der Waals surface area contributed by atoms with Crippen LogP contribution in [0.15, 0.2) is 40.6 Å². The minimum atomic E-state index is -1.30. The fourth-order valence-corrected chi connectivity index (χ4v) is 3.09. The largest absolute Gasteiger partial charge is 0.493 e. The normalized spacial score (nSPS) is 11.5. The van der Waals surface area contributed by atoms with Gasteiger partial charge in [0.15, 0.2) is 5.78 Å². The van der Waals surface area contributed by atoms with Gasteiger partial charge in [0, 0.05) is 21.0 Å². The molecule has 12 heteroatoms. The predicted molar refractivity (Wildman–Crippen MR) is 106 cm³/mol. The van der Waals surface area contributed by atoms with Gasteiger partial charge in [-0.15, -0.1) is 0 Å². The predicted octanol–water partition coefficient (Wildman–Crippen LogP) is 3.54. The fourth-order valence-electron chi connectivity index (χ4n) is 3.09. The second kappa shape index (κ2) is 9.31. The molecule has 0 heterocycles. The minimum Gasteiger partial charge on any atom is -0.493 e. The number of aromatic carboxylic acids is 1. The number of hydrogen-bond donors (Lipinski definition) is 1. The molecule has 0 unspecified atom stereocenters. The van der Waals surface area contributed by atoms with Crippen LogP contribution < -0.4 is 9.47 Å². The average Bonchev–Trinajstić information content (AvgIpc) is 2.77. The number of rotatable bonds is 9. The maximum absolute atomic E-state index is 13.3. The molecule has 3 rings (SSSR count). The monoisotopic (exact) mass is 422 g/mol. The van der Waals surface area contributed by atoms with Gasteiger partial charge >= 0.3 is 5.97 Å². The molecule has 2 aromatic rings. The number of carboxylic acids is 1. The van der Waals surface area contributed by atoms with Crippen molar-refractivity contribution in [3.8, 4) is 11.5 Å². The topological polar surface area (TPSA) is 187 Å². The molecule has 0 saturated heterocycles. The van der Waals surface area contributed by atoms with Crippen LogP contribution in [0.25, 0.3) is 20.9 Å². The number of hydrogen-bond acceptors (Lipinski definition) is 7. The summed E-state index contributed by atoms with van der Waals surface area (Å²) in [6.45, 7) is -0.176. The number of nitrogens with zero attached hydrogens (tertiary/aromatic N) is 6. The first-order valence-corrected chi connectivity index (χ1v) is 8.90. The van der Waals surface area contributed by atoms with Crippen molar-refractivity contribution in [2.45, 2.75) is 0 Å². The highest BCUT2D eigenvalue weighted by Crippen LogP contribution is 2.38. The molecular weight excluding hydrogens is 408 g/mol. The maximum atomic E-state index is 13.3. The summed E-state index contributed by atoms with van der Waals surface area (Å²) in [4.78, 5) is 43.1. The summed E-state index contributed by atoms with van der Waals surface area (Å²) >= 11 is 0. The number of carboxylic acid groups (broad SMARTS) is 1. The molecular formula is C19H14N6O6. The minimum absolute atomic E-state index is 0.00362. The second-order valence-electron chi connectivity index (χ2n) is 6.14. The van der Waals surface area contributed by atoms with E-state index in [1.807, 2.05) is 0 Å². The van der Waals surface area contributed by atoms with Crippen LogP contribution in [0, 0.1) is 0 Å². The molecule has 0 aromatic heterocycles. The van der Waals surface area contributed by atoms with Crippen LogP contribution in [0.5, 0.6) is 11.5 Å². The van der Waals surface area contributed by atoms with Crippen molar-refractivity contribution in [2.24, 2.45) is 10.2 Å². The Morgan fingerprint density at radius 2 is 1.52 bits per heavy atom. The summed E-state index contributed by atoms with van der Waals surface area (Å²) in [6.07, 6.45) is 0. The number of carbonyl (C=O) groups is 3.